The molecule has 0 radical (unpaired) electrons. The van der Waals surface area contributed by atoms with Gasteiger partial charge in [0.05, 0.1) is 11.9 Å². The molecule has 5 nitrogen and oxygen atoms in total. The largest absolute Gasteiger partial charge is 0.341 e. The first kappa shape index (κ1) is 19.8. The van der Waals surface area contributed by atoms with Crippen LogP contribution in [0.25, 0.3) is 0 Å². The number of anilines is 1. The van der Waals surface area contributed by atoms with Crippen LogP contribution < -0.4 is 4.31 Å². The van der Waals surface area contributed by atoms with Gasteiger partial charge in [-0.25, -0.2) is 8.42 Å². The lowest BCUT2D eigenvalue weighted by atomic mass is 9.86. The number of nitrogens with zero attached hydrogens (tertiary/aromatic N) is 2. The summed E-state index contributed by atoms with van der Waals surface area (Å²) in [4.78, 5) is 14.5. The van der Waals surface area contributed by atoms with Gasteiger partial charge in [-0.05, 0) is 35.8 Å². The van der Waals surface area contributed by atoms with Crippen LogP contribution in [0.15, 0.2) is 24.3 Å². The molecular formula is C19H30N2O3S. The Kier molecular flexibility index (Phi) is 5.82. The third-order valence-corrected chi connectivity index (χ3v) is 5.92. The topological polar surface area (TPSA) is 57.7 Å². The van der Waals surface area contributed by atoms with E-state index in [4.69, 9.17) is 0 Å². The molecular weight excluding hydrogens is 336 g/mol. The van der Waals surface area contributed by atoms with Gasteiger partial charge < -0.3 is 4.90 Å². The van der Waals surface area contributed by atoms with E-state index in [-0.39, 0.29) is 17.9 Å². The Balaban J connectivity index is 2.32. The van der Waals surface area contributed by atoms with Crippen LogP contribution in [-0.2, 0) is 20.2 Å². The maximum atomic E-state index is 12.7. The number of hydrogen-bond acceptors (Lipinski definition) is 3. The Bertz CT molecular complexity index is 714. The monoisotopic (exact) mass is 366 g/mol. The number of benzene rings is 1. The highest BCUT2D eigenvalue weighted by Crippen LogP contribution is 2.33. The van der Waals surface area contributed by atoms with Crippen molar-refractivity contribution >= 4 is 21.6 Å². The van der Waals surface area contributed by atoms with Gasteiger partial charge in [-0.1, -0.05) is 45.9 Å². The van der Waals surface area contributed by atoms with Crippen LogP contribution >= 0.6 is 0 Å². The zero-order valence-corrected chi connectivity index (χ0v) is 16.8. The third kappa shape index (κ3) is 4.97. The maximum Gasteiger partial charge on any atom is 0.243 e. The van der Waals surface area contributed by atoms with Gasteiger partial charge in [0.2, 0.25) is 15.9 Å². The van der Waals surface area contributed by atoms with Crippen LogP contribution in [0, 0.1) is 5.92 Å². The molecule has 0 aromatic heterocycles. The molecule has 1 heterocycles. The van der Waals surface area contributed by atoms with Gasteiger partial charge in [-0.2, -0.15) is 0 Å². The van der Waals surface area contributed by atoms with Crippen molar-refractivity contribution < 1.29 is 13.2 Å². The lowest BCUT2D eigenvalue weighted by Gasteiger charge is -2.34. The van der Waals surface area contributed by atoms with Gasteiger partial charge in [-0.3, -0.25) is 9.10 Å². The predicted molar refractivity (Wildman–Crippen MR) is 102 cm³/mol. The van der Waals surface area contributed by atoms with Crippen LogP contribution in [0.4, 0.5) is 5.69 Å². The molecule has 0 N–H and O–H groups in total. The number of amides is 1. The highest BCUT2D eigenvalue weighted by atomic mass is 32.2. The highest BCUT2D eigenvalue weighted by molar-refractivity contribution is 7.92. The zero-order chi connectivity index (χ0) is 18.8. The number of piperidine rings is 1. The van der Waals surface area contributed by atoms with Crippen molar-refractivity contribution in [2.75, 3.05) is 30.2 Å². The SMILES string of the molecule is CC1CCN(C(=O)CN(c2ccccc2C(C)(C)C)S(C)(=O)=O)CC1. The van der Waals surface area contributed by atoms with Gasteiger partial charge >= 0.3 is 0 Å². The van der Waals surface area contributed by atoms with Crippen molar-refractivity contribution in [3.8, 4) is 0 Å². The maximum absolute atomic E-state index is 12.7. The second-order valence-electron chi connectivity index (χ2n) is 8.10. The average Bonchev–Trinajstić information content (AvgIpc) is 2.51. The van der Waals surface area contributed by atoms with Crippen LogP contribution in [0.3, 0.4) is 0 Å². The summed E-state index contributed by atoms with van der Waals surface area (Å²) in [6.45, 7) is 9.59. The predicted octanol–water partition coefficient (Wildman–Crippen LogP) is 3.01. The molecule has 0 aliphatic carbocycles. The van der Waals surface area contributed by atoms with Crippen molar-refractivity contribution in [2.24, 2.45) is 5.92 Å². The van der Waals surface area contributed by atoms with E-state index in [1.165, 1.54) is 4.31 Å². The molecule has 25 heavy (non-hydrogen) atoms. The Morgan fingerprint density at radius 2 is 1.76 bits per heavy atom. The number of likely N-dealkylation sites (tertiary alicyclic amines) is 1. The minimum absolute atomic E-state index is 0.124. The number of rotatable bonds is 4. The summed E-state index contributed by atoms with van der Waals surface area (Å²) in [5.41, 5.74) is 1.29. The second kappa shape index (κ2) is 7.36. The molecule has 0 atom stereocenters. The Labute approximate surface area is 152 Å². The van der Waals surface area contributed by atoms with E-state index >= 15 is 0 Å². The van der Waals surface area contributed by atoms with Gasteiger partial charge in [-0.15, -0.1) is 0 Å². The van der Waals surface area contributed by atoms with E-state index < -0.39 is 10.0 Å². The fourth-order valence-corrected chi connectivity index (χ4v) is 4.05. The number of hydrogen-bond donors (Lipinski definition) is 0. The fraction of sp³-hybridized carbons (Fsp3) is 0.632. The first-order valence-corrected chi connectivity index (χ1v) is 10.7. The molecule has 1 aromatic carbocycles. The van der Waals surface area contributed by atoms with E-state index in [1.807, 2.05) is 39.0 Å². The highest BCUT2D eigenvalue weighted by Gasteiger charge is 2.29. The quantitative estimate of drug-likeness (QED) is 0.823. The molecule has 1 amide bonds. The van der Waals surface area contributed by atoms with Crippen LogP contribution in [0.5, 0.6) is 0 Å². The van der Waals surface area contributed by atoms with E-state index in [2.05, 4.69) is 6.92 Å². The van der Waals surface area contributed by atoms with Crippen LogP contribution in [0.1, 0.15) is 46.1 Å². The van der Waals surface area contributed by atoms with Crippen molar-refractivity contribution in [2.45, 2.75) is 46.0 Å². The molecule has 0 unspecified atom stereocenters. The molecule has 1 aliphatic heterocycles. The summed E-state index contributed by atoms with van der Waals surface area (Å²) < 4.78 is 26.1. The molecule has 0 bridgehead atoms. The number of sulfonamides is 1. The molecule has 1 aliphatic rings. The van der Waals surface area contributed by atoms with Crippen molar-refractivity contribution in [3.05, 3.63) is 29.8 Å². The number of carbonyl (C=O) groups excluding carboxylic acids is 1. The summed E-state index contributed by atoms with van der Waals surface area (Å²) in [7, 11) is -3.56. The Hall–Kier alpha value is -1.56. The molecule has 0 saturated carbocycles. The van der Waals surface area contributed by atoms with Crippen LogP contribution in [-0.4, -0.2) is 45.1 Å². The van der Waals surface area contributed by atoms with Crippen molar-refractivity contribution in [1.82, 2.24) is 4.90 Å². The van der Waals surface area contributed by atoms with Gasteiger partial charge in [0.25, 0.3) is 0 Å². The molecule has 1 saturated heterocycles. The minimum Gasteiger partial charge on any atom is -0.341 e. The molecule has 2 rings (SSSR count). The lowest BCUT2D eigenvalue weighted by molar-refractivity contribution is -0.130. The molecule has 140 valence electrons. The standard InChI is InChI=1S/C19H30N2O3S/c1-15-10-12-20(13-11-15)18(22)14-21(25(5,23)24)17-9-7-6-8-16(17)19(2,3)4/h6-9,15H,10-14H2,1-5H3. The first-order chi connectivity index (χ1) is 11.5. The van der Waals surface area contributed by atoms with E-state index in [1.54, 1.807) is 11.0 Å². The fourth-order valence-electron chi connectivity index (χ4n) is 3.19. The first-order valence-electron chi connectivity index (χ1n) is 8.85. The van der Waals surface area contributed by atoms with Crippen molar-refractivity contribution in [1.29, 1.82) is 0 Å². The van der Waals surface area contributed by atoms with Crippen LogP contribution in [0.2, 0.25) is 0 Å². The summed E-state index contributed by atoms with van der Waals surface area (Å²) >= 11 is 0. The summed E-state index contributed by atoms with van der Waals surface area (Å²) in [5, 5.41) is 0. The summed E-state index contributed by atoms with van der Waals surface area (Å²) in [6.07, 6.45) is 3.12. The van der Waals surface area contributed by atoms with E-state index in [0.717, 1.165) is 24.7 Å². The average molecular weight is 367 g/mol. The lowest BCUT2D eigenvalue weighted by Crippen LogP contribution is -2.46. The summed E-state index contributed by atoms with van der Waals surface area (Å²) in [5.74, 6) is 0.498. The minimum atomic E-state index is -3.56. The van der Waals surface area contributed by atoms with Gasteiger partial charge in [0, 0.05) is 13.1 Å². The number of carbonyl (C=O) groups is 1. The normalized spacial score (nSPS) is 16.8. The van der Waals surface area contributed by atoms with E-state index in [0.29, 0.717) is 24.7 Å². The van der Waals surface area contributed by atoms with Gasteiger partial charge in [0.15, 0.2) is 0 Å². The molecule has 1 fully saturated rings. The smallest absolute Gasteiger partial charge is 0.243 e. The van der Waals surface area contributed by atoms with Crippen molar-refractivity contribution in [3.63, 3.8) is 0 Å². The summed E-state index contributed by atoms with van der Waals surface area (Å²) in [6, 6.07) is 7.43. The molecule has 1 aromatic rings. The Morgan fingerprint density at radius 1 is 1.20 bits per heavy atom. The second-order valence-corrected chi connectivity index (χ2v) is 10.0. The molecule has 6 heteroatoms. The number of para-hydroxylation sites is 1. The van der Waals surface area contributed by atoms with E-state index in [9.17, 15) is 13.2 Å². The third-order valence-electron chi connectivity index (χ3n) is 4.80. The van der Waals surface area contributed by atoms with Gasteiger partial charge in [0.1, 0.15) is 6.54 Å². The Morgan fingerprint density at radius 3 is 2.28 bits per heavy atom. The molecule has 0 spiro atoms. The zero-order valence-electron chi connectivity index (χ0n) is 15.9.